The fourth-order valence-corrected chi connectivity index (χ4v) is 2.20. The maximum absolute atomic E-state index is 12.0. The van der Waals surface area contributed by atoms with E-state index in [1.807, 2.05) is 6.92 Å². The van der Waals surface area contributed by atoms with Crippen LogP contribution in [0.2, 0.25) is 0 Å². The van der Waals surface area contributed by atoms with Crippen molar-refractivity contribution in [1.82, 2.24) is 0 Å². The Morgan fingerprint density at radius 2 is 1.92 bits per heavy atom. The number of rotatable bonds is 7. The fraction of sp³-hybridized carbons (Fsp3) is 0.158. The van der Waals surface area contributed by atoms with Gasteiger partial charge in [0.2, 0.25) is 5.91 Å². The summed E-state index contributed by atoms with van der Waals surface area (Å²) in [4.78, 5) is 23.0. The highest BCUT2D eigenvalue weighted by molar-refractivity contribution is 6.03. The van der Waals surface area contributed by atoms with E-state index in [2.05, 4.69) is 5.32 Å². The number of carboxylic acid groups (broad SMARTS) is 1. The number of carboxylic acids is 1. The van der Waals surface area contributed by atoms with E-state index in [1.54, 1.807) is 24.3 Å². The highest BCUT2D eigenvalue weighted by Crippen LogP contribution is 2.28. The van der Waals surface area contributed by atoms with E-state index in [0.29, 0.717) is 18.1 Å². The summed E-state index contributed by atoms with van der Waals surface area (Å²) in [5, 5.41) is 21.0. The first-order valence-corrected chi connectivity index (χ1v) is 7.80. The zero-order valence-corrected chi connectivity index (χ0v) is 14.4. The van der Waals surface area contributed by atoms with Crippen LogP contribution >= 0.6 is 0 Å². The lowest BCUT2D eigenvalue weighted by Crippen LogP contribution is -2.08. The standard InChI is InChI=1S/C19H19NO6/c1-3-26-16-8-4-12(10-17(16)25-2)5-9-18(22)20-13-6-7-15(21)14(11-13)19(23)24/h4-11,21H,3H2,1-2H3,(H,20,22)(H,23,24)/b9-5+. The van der Waals surface area contributed by atoms with Gasteiger partial charge in [0.1, 0.15) is 11.3 Å². The van der Waals surface area contributed by atoms with Crippen LogP contribution in [0.4, 0.5) is 5.69 Å². The van der Waals surface area contributed by atoms with E-state index in [0.717, 1.165) is 5.56 Å². The number of amides is 1. The summed E-state index contributed by atoms with van der Waals surface area (Å²) in [6.45, 7) is 2.38. The number of anilines is 1. The Morgan fingerprint density at radius 1 is 1.15 bits per heavy atom. The maximum atomic E-state index is 12.0. The van der Waals surface area contributed by atoms with Gasteiger partial charge < -0.3 is 25.0 Å². The quantitative estimate of drug-likeness (QED) is 0.519. The van der Waals surface area contributed by atoms with E-state index >= 15 is 0 Å². The molecule has 0 aliphatic heterocycles. The Balaban J connectivity index is 2.10. The highest BCUT2D eigenvalue weighted by Gasteiger charge is 2.11. The first-order chi connectivity index (χ1) is 12.4. The van der Waals surface area contributed by atoms with Crippen molar-refractivity contribution in [2.24, 2.45) is 0 Å². The van der Waals surface area contributed by atoms with Gasteiger partial charge in [-0.15, -0.1) is 0 Å². The molecule has 7 heteroatoms. The lowest BCUT2D eigenvalue weighted by molar-refractivity contribution is -0.111. The molecular weight excluding hydrogens is 338 g/mol. The van der Waals surface area contributed by atoms with Gasteiger partial charge in [-0.1, -0.05) is 6.07 Å². The van der Waals surface area contributed by atoms with Gasteiger partial charge in [0.25, 0.3) is 0 Å². The second-order valence-corrected chi connectivity index (χ2v) is 5.20. The Bertz CT molecular complexity index is 844. The number of aromatic hydroxyl groups is 1. The molecule has 1 amide bonds. The van der Waals surface area contributed by atoms with Crippen molar-refractivity contribution in [3.8, 4) is 17.2 Å². The summed E-state index contributed by atoms with van der Waals surface area (Å²) in [7, 11) is 1.53. The number of hydrogen-bond donors (Lipinski definition) is 3. The third kappa shape index (κ3) is 4.76. The van der Waals surface area contributed by atoms with E-state index < -0.39 is 11.9 Å². The molecular formula is C19H19NO6. The topological polar surface area (TPSA) is 105 Å². The molecule has 0 unspecified atom stereocenters. The van der Waals surface area contributed by atoms with Gasteiger partial charge in [0.15, 0.2) is 11.5 Å². The number of benzene rings is 2. The number of nitrogens with one attached hydrogen (secondary N) is 1. The second kappa shape index (κ2) is 8.57. The summed E-state index contributed by atoms with van der Waals surface area (Å²) in [6, 6.07) is 9.06. The van der Waals surface area contributed by atoms with E-state index in [1.165, 1.54) is 31.4 Å². The number of aromatic carboxylic acids is 1. The predicted molar refractivity (Wildman–Crippen MR) is 96.9 cm³/mol. The summed E-state index contributed by atoms with van der Waals surface area (Å²) < 4.78 is 10.7. The molecule has 0 bridgehead atoms. The van der Waals surface area contributed by atoms with Crippen molar-refractivity contribution in [1.29, 1.82) is 0 Å². The lowest BCUT2D eigenvalue weighted by atomic mass is 10.1. The molecule has 3 N–H and O–H groups in total. The largest absolute Gasteiger partial charge is 0.507 e. The van der Waals surface area contributed by atoms with Gasteiger partial charge in [0.05, 0.1) is 13.7 Å². The molecule has 0 radical (unpaired) electrons. The lowest BCUT2D eigenvalue weighted by Gasteiger charge is -2.09. The third-order valence-corrected chi connectivity index (χ3v) is 3.41. The summed E-state index contributed by atoms with van der Waals surface area (Å²) in [6.07, 6.45) is 2.90. The Morgan fingerprint density at radius 3 is 2.58 bits per heavy atom. The molecule has 0 atom stereocenters. The van der Waals surface area contributed by atoms with Crippen molar-refractivity contribution < 1.29 is 29.3 Å². The van der Waals surface area contributed by atoms with Gasteiger partial charge in [-0.3, -0.25) is 4.79 Å². The van der Waals surface area contributed by atoms with Crippen LogP contribution in [0.1, 0.15) is 22.8 Å². The number of phenols is 1. The maximum Gasteiger partial charge on any atom is 0.339 e. The molecule has 0 spiro atoms. The molecule has 26 heavy (non-hydrogen) atoms. The first-order valence-electron chi connectivity index (χ1n) is 7.80. The van der Waals surface area contributed by atoms with Crippen molar-refractivity contribution in [2.75, 3.05) is 19.0 Å². The number of ether oxygens (including phenoxy) is 2. The monoisotopic (exact) mass is 357 g/mol. The van der Waals surface area contributed by atoms with Crippen LogP contribution in [-0.2, 0) is 4.79 Å². The van der Waals surface area contributed by atoms with E-state index in [-0.39, 0.29) is 17.0 Å². The minimum absolute atomic E-state index is 0.263. The molecule has 2 aromatic carbocycles. The molecule has 0 saturated heterocycles. The second-order valence-electron chi connectivity index (χ2n) is 5.20. The molecule has 136 valence electrons. The van der Waals surface area contributed by atoms with Gasteiger partial charge >= 0.3 is 5.97 Å². The molecule has 0 saturated carbocycles. The highest BCUT2D eigenvalue weighted by atomic mass is 16.5. The predicted octanol–water partition coefficient (Wildman–Crippen LogP) is 3.15. The van der Waals surface area contributed by atoms with Crippen LogP contribution in [0.25, 0.3) is 6.08 Å². The smallest absolute Gasteiger partial charge is 0.339 e. The van der Waals surface area contributed by atoms with Crippen LogP contribution in [0, 0.1) is 0 Å². The average molecular weight is 357 g/mol. The van der Waals surface area contributed by atoms with Gasteiger partial charge in [-0.05, 0) is 48.9 Å². The SMILES string of the molecule is CCOc1ccc(/C=C/C(=O)Nc2ccc(O)c(C(=O)O)c2)cc1OC. The van der Waals surface area contributed by atoms with E-state index in [9.17, 15) is 14.7 Å². The summed E-state index contributed by atoms with van der Waals surface area (Å²) in [5.41, 5.74) is 0.708. The van der Waals surface area contributed by atoms with Crippen molar-refractivity contribution >= 4 is 23.6 Å². The number of carbonyl (C=O) groups excluding carboxylic acids is 1. The third-order valence-electron chi connectivity index (χ3n) is 3.41. The molecule has 2 aromatic rings. The average Bonchev–Trinajstić information content (AvgIpc) is 2.62. The first kappa shape index (κ1) is 18.9. The minimum atomic E-state index is -1.28. The molecule has 0 heterocycles. The normalized spacial score (nSPS) is 10.5. The van der Waals surface area contributed by atoms with Crippen LogP contribution < -0.4 is 14.8 Å². The summed E-state index contributed by atoms with van der Waals surface area (Å²) >= 11 is 0. The number of hydrogen-bond acceptors (Lipinski definition) is 5. The zero-order valence-electron chi connectivity index (χ0n) is 14.4. The van der Waals surface area contributed by atoms with Gasteiger partial charge in [-0.2, -0.15) is 0 Å². The van der Waals surface area contributed by atoms with E-state index in [4.69, 9.17) is 14.6 Å². The van der Waals surface area contributed by atoms with Crippen molar-refractivity contribution in [2.45, 2.75) is 6.92 Å². The van der Waals surface area contributed by atoms with Crippen molar-refractivity contribution in [3.63, 3.8) is 0 Å². The molecule has 0 fully saturated rings. The Labute approximate surface area is 150 Å². The van der Waals surface area contributed by atoms with Crippen LogP contribution in [-0.4, -0.2) is 35.8 Å². The van der Waals surface area contributed by atoms with Gasteiger partial charge in [-0.25, -0.2) is 4.79 Å². The van der Waals surface area contributed by atoms with Crippen LogP contribution in [0.15, 0.2) is 42.5 Å². The Hall–Kier alpha value is -3.48. The van der Waals surface area contributed by atoms with Crippen LogP contribution in [0.3, 0.4) is 0 Å². The Kier molecular flexibility index (Phi) is 6.21. The molecule has 7 nitrogen and oxygen atoms in total. The summed E-state index contributed by atoms with van der Waals surface area (Å²) in [5.74, 6) is -0.927. The van der Waals surface area contributed by atoms with Crippen LogP contribution in [0.5, 0.6) is 17.2 Å². The number of methoxy groups -OCH3 is 1. The zero-order chi connectivity index (χ0) is 19.1. The molecule has 0 aromatic heterocycles. The van der Waals surface area contributed by atoms with Gasteiger partial charge in [0, 0.05) is 11.8 Å². The fourth-order valence-electron chi connectivity index (χ4n) is 2.20. The van der Waals surface area contributed by atoms with Crippen molar-refractivity contribution in [3.05, 3.63) is 53.6 Å². The molecule has 0 aliphatic rings. The molecule has 0 aliphatic carbocycles. The minimum Gasteiger partial charge on any atom is -0.507 e. The molecule has 2 rings (SSSR count). The number of carbonyl (C=O) groups is 2.